The highest BCUT2D eigenvalue weighted by atomic mass is 19.1. The van der Waals surface area contributed by atoms with Gasteiger partial charge in [0.1, 0.15) is 5.69 Å². The molecule has 1 aromatic carbocycles. The number of halogens is 2. The van der Waals surface area contributed by atoms with E-state index in [1.54, 1.807) is 4.90 Å². The van der Waals surface area contributed by atoms with Crippen LogP contribution >= 0.6 is 0 Å². The van der Waals surface area contributed by atoms with Crippen molar-refractivity contribution in [1.82, 2.24) is 0 Å². The zero-order chi connectivity index (χ0) is 12.6. The number of hydrogen-bond donors (Lipinski definition) is 1. The second-order valence-electron chi connectivity index (χ2n) is 4.86. The summed E-state index contributed by atoms with van der Waals surface area (Å²) in [5.41, 5.74) is 5.06. The number of nitrogens with zero attached hydrogens (tertiary/aromatic N) is 1. The van der Waals surface area contributed by atoms with Crippen molar-refractivity contribution in [1.29, 1.82) is 0 Å². The summed E-state index contributed by atoms with van der Waals surface area (Å²) in [5.74, 6) is -1.25. The Hall–Kier alpha value is -1.36. The van der Waals surface area contributed by atoms with Gasteiger partial charge in [0.25, 0.3) is 0 Å². The fraction of sp³-hybridized carbons (Fsp3) is 0.500. The van der Waals surface area contributed by atoms with E-state index in [4.69, 9.17) is 10.5 Å². The molecule has 0 spiro atoms. The number of nitrogen functional groups attached to an aromatic ring is 1. The molecule has 94 valence electrons. The van der Waals surface area contributed by atoms with Crippen LogP contribution < -0.4 is 10.6 Å². The molecule has 1 aliphatic heterocycles. The lowest BCUT2D eigenvalue weighted by atomic mass is 10.1. The van der Waals surface area contributed by atoms with Crippen LogP contribution in [0.4, 0.5) is 20.2 Å². The monoisotopic (exact) mass is 242 g/mol. The van der Waals surface area contributed by atoms with Crippen LogP contribution in [0.5, 0.6) is 0 Å². The summed E-state index contributed by atoms with van der Waals surface area (Å²) in [4.78, 5) is 1.66. The number of ether oxygens (including phenoxy) is 1. The maximum Gasteiger partial charge on any atom is 0.151 e. The van der Waals surface area contributed by atoms with Crippen molar-refractivity contribution in [2.24, 2.45) is 0 Å². The van der Waals surface area contributed by atoms with Crippen LogP contribution in [0.2, 0.25) is 0 Å². The van der Waals surface area contributed by atoms with Gasteiger partial charge in [0, 0.05) is 18.8 Å². The predicted molar refractivity (Wildman–Crippen MR) is 63.0 cm³/mol. The van der Waals surface area contributed by atoms with Gasteiger partial charge in [-0.2, -0.15) is 0 Å². The van der Waals surface area contributed by atoms with Crippen LogP contribution in [0.1, 0.15) is 13.8 Å². The van der Waals surface area contributed by atoms with Gasteiger partial charge in [-0.25, -0.2) is 8.78 Å². The lowest BCUT2D eigenvalue weighted by molar-refractivity contribution is -0.0280. The molecule has 1 saturated heterocycles. The van der Waals surface area contributed by atoms with Crippen molar-refractivity contribution < 1.29 is 13.5 Å². The van der Waals surface area contributed by atoms with Gasteiger partial charge in [-0.05, 0) is 26.0 Å². The Bertz CT molecular complexity index is 412. The minimum Gasteiger partial charge on any atom is -0.399 e. The number of rotatable bonds is 1. The summed E-state index contributed by atoms with van der Waals surface area (Å²) in [7, 11) is 0. The van der Waals surface area contributed by atoms with E-state index in [9.17, 15) is 8.78 Å². The first-order valence-corrected chi connectivity index (χ1v) is 5.52. The minimum absolute atomic E-state index is 0.0180. The summed E-state index contributed by atoms with van der Waals surface area (Å²) in [6.45, 7) is 5.17. The Morgan fingerprint density at radius 3 is 2.41 bits per heavy atom. The first-order chi connectivity index (χ1) is 7.89. The first-order valence-electron chi connectivity index (χ1n) is 5.52. The molecule has 1 aliphatic rings. The minimum atomic E-state index is -0.625. The number of morpholine rings is 1. The molecule has 17 heavy (non-hydrogen) atoms. The zero-order valence-corrected chi connectivity index (χ0v) is 9.96. The third-order valence-corrected chi connectivity index (χ3v) is 2.78. The molecule has 0 radical (unpaired) electrons. The Morgan fingerprint density at radius 2 is 1.88 bits per heavy atom. The predicted octanol–water partition coefficient (Wildman–Crippen LogP) is 2.16. The van der Waals surface area contributed by atoms with Crippen molar-refractivity contribution in [3.63, 3.8) is 0 Å². The van der Waals surface area contributed by atoms with Crippen molar-refractivity contribution in [3.05, 3.63) is 23.8 Å². The summed E-state index contributed by atoms with van der Waals surface area (Å²) in [6, 6.07) is 2.28. The highest BCUT2D eigenvalue weighted by Gasteiger charge is 2.30. The van der Waals surface area contributed by atoms with Crippen LogP contribution in [0.25, 0.3) is 0 Å². The third kappa shape index (κ3) is 2.49. The van der Waals surface area contributed by atoms with Crippen molar-refractivity contribution in [3.8, 4) is 0 Å². The van der Waals surface area contributed by atoms with E-state index < -0.39 is 17.2 Å². The fourth-order valence-electron chi connectivity index (χ4n) is 2.09. The lowest BCUT2D eigenvalue weighted by Crippen LogP contribution is -2.49. The van der Waals surface area contributed by atoms with Gasteiger partial charge in [0.15, 0.2) is 11.6 Å². The maximum absolute atomic E-state index is 13.7. The molecule has 5 heteroatoms. The molecular weight excluding hydrogens is 226 g/mol. The van der Waals surface area contributed by atoms with E-state index in [2.05, 4.69) is 0 Å². The zero-order valence-electron chi connectivity index (χ0n) is 9.96. The third-order valence-electron chi connectivity index (χ3n) is 2.78. The van der Waals surface area contributed by atoms with E-state index in [-0.39, 0.29) is 11.4 Å². The average molecular weight is 242 g/mol. The molecule has 2 N–H and O–H groups in total. The second kappa shape index (κ2) is 4.14. The van der Waals surface area contributed by atoms with Gasteiger partial charge in [0.05, 0.1) is 12.2 Å². The molecular formula is C12H16F2N2O. The number of benzene rings is 1. The lowest BCUT2D eigenvalue weighted by Gasteiger charge is -2.39. The van der Waals surface area contributed by atoms with Crippen LogP contribution in [0.15, 0.2) is 12.1 Å². The van der Waals surface area contributed by atoms with Gasteiger partial charge in [-0.1, -0.05) is 0 Å². The van der Waals surface area contributed by atoms with E-state index in [1.165, 1.54) is 0 Å². The smallest absolute Gasteiger partial charge is 0.151 e. The van der Waals surface area contributed by atoms with Crippen LogP contribution in [0, 0.1) is 11.6 Å². The molecule has 0 atom stereocenters. The van der Waals surface area contributed by atoms with Gasteiger partial charge in [0.2, 0.25) is 0 Å². The van der Waals surface area contributed by atoms with E-state index >= 15 is 0 Å². The van der Waals surface area contributed by atoms with Crippen LogP contribution in [0.3, 0.4) is 0 Å². The van der Waals surface area contributed by atoms with E-state index in [0.29, 0.717) is 19.7 Å². The summed E-state index contributed by atoms with van der Waals surface area (Å²) >= 11 is 0. The SMILES string of the molecule is CC1(C)CN(c2c(F)cc(N)cc2F)CCO1. The van der Waals surface area contributed by atoms with Crippen LogP contribution in [-0.4, -0.2) is 25.3 Å². The quantitative estimate of drug-likeness (QED) is 0.767. The fourth-order valence-corrected chi connectivity index (χ4v) is 2.09. The van der Waals surface area contributed by atoms with Gasteiger partial charge < -0.3 is 15.4 Å². The Kier molecular flexibility index (Phi) is 2.95. The van der Waals surface area contributed by atoms with Gasteiger partial charge >= 0.3 is 0 Å². The van der Waals surface area contributed by atoms with Crippen molar-refractivity contribution in [2.45, 2.75) is 19.4 Å². The van der Waals surface area contributed by atoms with Crippen molar-refractivity contribution in [2.75, 3.05) is 30.3 Å². The number of hydrogen-bond acceptors (Lipinski definition) is 3. The topological polar surface area (TPSA) is 38.5 Å². The highest BCUT2D eigenvalue weighted by molar-refractivity contribution is 5.56. The molecule has 1 fully saturated rings. The molecule has 0 aromatic heterocycles. The standard InChI is InChI=1S/C12H16F2N2O/c1-12(2)7-16(3-4-17-12)11-9(13)5-8(15)6-10(11)14/h5-6H,3-4,7,15H2,1-2H3. The molecule has 3 nitrogen and oxygen atoms in total. The van der Waals surface area contributed by atoms with E-state index in [0.717, 1.165) is 12.1 Å². The maximum atomic E-state index is 13.7. The molecule has 1 heterocycles. The Labute approximate surface area is 99.2 Å². The summed E-state index contributed by atoms with van der Waals surface area (Å²) < 4.78 is 33.0. The normalized spacial score (nSPS) is 19.4. The average Bonchev–Trinajstić information content (AvgIpc) is 2.13. The first kappa shape index (κ1) is 12.1. The van der Waals surface area contributed by atoms with E-state index in [1.807, 2.05) is 13.8 Å². The molecule has 2 rings (SSSR count). The number of anilines is 2. The Balaban J connectivity index is 2.34. The highest BCUT2D eigenvalue weighted by Crippen LogP contribution is 2.29. The van der Waals surface area contributed by atoms with Gasteiger partial charge in [-0.3, -0.25) is 0 Å². The Morgan fingerprint density at radius 1 is 1.29 bits per heavy atom. The largest absolute Gasteiger partial charge is 0.399 e. The molecule has 0 amide bonds. The molecule has 0 saturated carbocycles. The molecule has 0 aliphatic carbocycles. The van der Waals surface area contributed by atoms with Crippen molar-refractivity contribution >= 4 is 11.4 Å². The van der Waals surface area contributed by atoms with Crippen LogP contribution in [-0.2, 0) is 4.74 Å². The molecule has 1 aromatic rings. The van der Waals surface area contributed by atoms with Gasteiger partial charge in [-0.15, -0.1) is 0 Å². The molecule has 0 unspecified atom stereocenters. The molecule has 0 bridgehead atoms. The summed E-state index contributed by atoms with van der Waals surface area (Å²) in [5, 5.41) is 0. The number of nitrogens with two attached hydrogens (primary N) is 1. The second-order valence-corrected chi connectivity index (χ2v) is 4.86. The summed E-state index contributed by atoms with van der Waals surface area (Å²) in [6.07, 6.45) is 0.